The molecule has 0 aliphatic rings. The number of ether oxygens (including phenoxy) is 1. The van der Waals surface area contributed by atoms with Crippen LogP contribution in [-0.2, 0) is 9.53 Å². The Morgan fingerprint density at radius 2 is 2.19 bits per heavy atom. The van der Waals surface area contributed by atoms with Crippen LogP contribution in [0.4, 0.5) is 5.00 Å². The fourth-order valence-corrected chi connectivity index (χ4v) is 2.05. The number of thioether (sulfide) groups is 1. The summed E-state index contributed by atoms with van der Waals surface area (Å²) in [5.74, 6) is -0.450. The Labute approximate surface area is 102 Å². The van der Waals surface area contributed by atoms with E-state index in [9.17, 15) is 9.59 Å². The molecule has 1 N–H and O–H groups in total. The van der Waals surface area contributed by atoms with Crippen LogP contribution in [0.3, 0.4) is 0 Å². The van der Waals surface area contributed by atoms with Crippen LogP contribution < -0.4 is 5.32 Å². The molecule has 0 saturated carbocycles. The Balaban J connectivity index is 2.65. The molecule has 1 aromatic heterocycles. The average Bonchev–Trinajstić information content (AvgIpc) is 2.75. The largest absolute Gasteiger partial charge is 0.465 e. The number of thiophene rings is 1. The summed E-state index contributed by atoms with van der Waals surface area (Å²) in [5.41, 5.74) is 0. The normalized spacial score (nSPS) is 11.9. The molecule has 1 heterocycles. The van der Waals surface area contributed by atoms with Gasteiger partial charge in [0.2, 0.25) is 5.91 Å². The van der Waals surface area contributed by atoms with E-state index in [0.717, 1.165) is 0 Å². The molecule has 1 rings (SSSR count). The van der Waals surface area contributed by atoms with Gasteiger partial charge in [-0.2, -0.15) is 11.8 Å². The molecule has 0 aliphatic heterocycles. The monoisotopic (exact) mass is 259 g/mol. The number of hydrogen-bond acceptors (Lipinski definition) is 5. The van der Waals surface area contributed by atoms with Crippen LogP contribution in [0.1, 0.15) is 16.6 Å². The highest BCUT2D eigenvalue weighted by Crippen LogP contribution is 2.23. The fourth-order valence-electron chi connectivity index (χ4n) is 0.945. The Kier molecular flexibility index (Phi) is 4.82. The van der Waals surface area contributed by atoms with Crippen molar-refractivity contribution in [1.82, 2.24) is 0 Å². The second-order valence-electron chi connectivity index (χ2n) is 3.02. The van der Waals surface area contributed by atoms with Gasteiger partial charge in [0.05, 0.1) is 17.4 Å². The zero-order valence-corrected chi connectivity index (χ0v) is 10.9. The van der Waals surface area contributed by atoms with Crippen LogP contribution >= 0.6 is 23.1 Å². The maximum Gasteiger partial charge on any atom is 0.348 e. The van der Waals surface area contributed by atoms with Crippen molar-refractivity contribution in [1.29, 1.82) is 0 Å². The number of rotatable bonds is 4. The van der Waals surface area contributed by atoms with Crippen molar-refractivity contribution < 1.29 is 14.3 Å². The molecule has 0 fully saturated rings. The third kappa shape index (κ3) is 3.24. The van der Waals surface area contributed by atoms with Gasteiger partial charge < -0.3 is 10.1 Å². The van der Waals surface area contributed by atoms with Crippen LogP contribution in [0.5, 0.6) is 0 Å². The molecule has 1 atom stereocenters. The summed E-state index contributed by atoms with van der Waals surface area (Å²) < 4.78 is 4.58. The van der Waals surface area contributed by atoms with Gasteiger partial charge in [-0.05, 0) is 25.3 Å². The van der Waals surface area contributed by atoms with Gasteiger partial charge in [-0.25, -0.2) is 4.79 Å². The molecule has 6 heteroatoms. The summed E-state index contributed by atoms with van der Waals surface area (Å²) in [6.07, 6.45) is 1.87. The van der Waals surface area contributed by atoms with Gasteiger partial charge in [0.1, 0.15) is 4.88 Å². The molecule has 0 unspecified atom stereocenters. The SMILES string of the molecule is COC(=O)c1ccc(NC(=O)[C@H](C)SC)s1. The maximum atomic E-state index is 11.6. The van der Waals surface area contributed by atoms with Gasteiger partial charge in [-0.1, -0.05) is 0 Å². The number of anilines is 1. The standard InChI is InChI=1S/C10H13NO3S2/c1-6(15-3)9(12)11-8-5-4-7(16-8)10(13)14-2/h4-6H,1-3H3,(H,11,12)/t6-/m0/s1. The molecular formula is C10H13NO3S2. The van der Waals surface area contributed by atoms with Crippen LogP contribution in [0.2, 0.25) is 0 Å². The lowest BCUT2D eigenvalue weighted by molar-refractivity contribution is -0.115. The second kappa shape index (κ2) is 5.91. The predicted molar refractivity (Wildman–Crippen MR) is 67.3 cm³/mol. The number of hydrogen-bond donors (Lipinski definition) is 1. The molecule has 1 aromatic rings. The molecule has 0 saturated heterocycles. The van der Waals surface area contributed by atoms with E-state index >= 15 is 0 Å². The van der Waals surface area contributed by atoms with E-state index in [4.69, 9.17) is 0 Å². The molecule has 4 nitrogen and oxygen atoms in total. The van der Waals surface area contributed by atoms with Gasteiger partial charge in [-0.15, -0.1) is 11.3 Å². The fraction of sp³-hybridized carbons (Fsp3) is 0.400. The first-order chi connectivity index (χ1) is 7.58. The molecule has 88 valence electrons. The van der Waals surface area contributed by atoms with Crippen LogP contribution in [0.25, 0.3) is 0 Å². The smallest absolute Gasteiger partial charge is 0.348 e. The number of esters is 1. The maximum absolute atomic E-state index is 11.6. The Morgan fingerprint density at radius 1 is 1.50 bits per heavy atom. The highest BCUT2D eigenvalue weighted by molar-refractivity contribution is 7.99. The first kappa shape index (κ1) is 13.1. The van der Waals surface area contributed by atoms with E-state index in [-0.39, 0.29) is 17.1 Å². The first-order valence-corrected chi connectivity index (χ1v) is 6.70. The number of methoxy groups -OCH3 is 1. The molecule has 0 bridgehead atoms. The highest BCUT2D eigenvalue weighted by atomic mass is 32.2. The summed E-state index contributed by atoms with van der Waals surface area (Å²) in [6.45, 7) is 1.83. The molecule has 0 aromatic carbocycles. The Bertz CT molecular complexity index is 389. The Morgan fingerprint density at radius 3 is 2.75 bits per heavy atom. The zero-order valence-electron chi connectivity index (χ0n) is 9.27. The molecular weight excluding hydrogens is 246 g/mol. The Hall–Kier alpha value is -1.01. The van der Waals surface area contributed by atoms with E-state index in [1.54, 1.807) is 12.1 Å². The third-order valence-corrected chi connectivity index (χ3v) is 3.86. The first-order valence-electron chi connectivity index (χ1n) is 4.60. The number of carbonyl (C=O) groups excluding carboxylic acids is 2. The van der Waals surface area contributed by atoms with Crippen molar-refractivity contribution in [3.8, 4) is 0 Å². The second-order valence-corrected chi connectivity index (χ2v) is 5.28. The van der Waals surface area contributed by atoms with Gasteiger partial charge >= 0.3 is 5.97 Å². The number of nitrogens with one attached hydrogen (secondary N) is 1. The van der Waals surface area contributed by atoms with Crippen molar-refractivity contribution >= 4 is 40.0 Å². The summed E-state index contributed by atoms with van der Waals surface area (Å²) >= 11 is 2.68. The average molecular weight is 259 g/mol. The minimum absolute atomic E-state index is 0.0641. The minimum atomic E-state index is -0.386. The van der Waals surface area contributed by atoms with Crippen molar-refractivity contribution in [2.75, 3.05) is 18.7 Å². The van der Waals surface area contributed by atoms with Crippen LogP contribution in [0.15, 0.2) is 12.1 Å². The van der Waals surface area contributed by atoms with Gasteiger partial charge in [0.25, 0.3) is 0 Å². The van der Waals surface area contributed by atoms with Crippen molar-refractivity contribution in [2.45, 2.75) is 12.2 Å². The topological polar surface area (TPSA) is 55.4 Å². The minimum Gasteiger partial charge on any atom is -0.465 e. The predicted octanol–water partition coefficient (Wildman–Crippen LogP) is 2.22. The zero-order chi connectivity index (χ0) is 12.1. The number of carbonyl (C=O) groups is 2. The molecule has 16 heavy (non-hydrogen) atoms. The molecule has 0 spiro atoms. The van der Waals surface area contributed by atoms with E-state index in [1.165, 1.54) is 30.2 Å². The summed E-state index contributed by atoms with van der Waals surface area (Å²) in [6, 6.07) is 3.33. The summed E-state index contributed by atoms with van der Waals surface area (Å²) in [4.78, 5) is 23.2. The van der Waals surface area contributed by atoms with Crippen molar-refractivity contribution in [3.05, 3.63) is 17.0 Å². The van der Waals surface area contributed by atoms with E-state index in [1.807, 2.05) is 13.2 Å². The highest BCUT2D eigenvalue weighted by Gasteiger charge is 2.14. The lowest BCUT2D eigenvalue weighted by atomic mass is 10.4. The van der Waals surface area contributed by atoms with Crippen molar-refractivity contribution in [3.63, 3.8) is 0 Å². The van der Waals surface area contributed by atoms with Gasteiger partial charge in [0.15, 0.2) is 0 Å². The molecule has 0 radical (unpaired) electrons. The molecule has 0 aliphatic carbocycles. The lowest BCUT2D eigenvalue weighted by Gasteiger charge is -2.07. The summed E-state index contributed by atoms with van der Waals surface area (Å²) in [5, 5.41) is 3.29. The quantitative estimate of drug-likeness (QED) is 0.842. The van der Waals surface area contributed by atoms with E-state index in [2.05, 4.69) is 10.1 Å². The van der Waals surface area contributed by atoms with Crippen LogP contribution in [0, 0.1) is 0 Å². The lowest BCUT2D eigenvalue weighted by Crippen LogP contribution is -2.21. The molecule has 1 amide bonds. The van der Waals surface area contributed by atoms with E-state index < -0.39 is 0 Å². The summed E-state index contributed by atoms with van der Waals surface area (Å²) in [7, 11) is 1.33. The van der Waals surface area contributed by atoms with Crippen molar-refractivity contribution in [2.24, 2.45) is 0 Å². The van der Waals surface area contributed by atoms with Gasteiger partial charge in [0, 0.05) is 0 Å². The number of amides is 1. The van der Waals surface area contributed by atoms with E-state index in [0.29, 0.717) is 9.88 Å². The van der Waals surface area contributed by atoms with Crippen LogP contribution in [-0.4, -0.2) is 30.5 Å². The third-order valence-electron chi connectivity index (χ3n) is 1.96. The van der Waals surface area contributed by atoms with Gasteiger partial charge in [-0.3, -0.25) is 4.79 Å².